The van der Waals surface area contributed by atoms with Crippen LogP contribution < -0.4 is 16.0 Å². The predicted octanol–water partition coefficient (Wildman–Crippen LogP) is 0.743. The minimum atomic E-state index is 0.0528. The molecule has 0 saturated heterocycles. The topological polar surface area (TPSA) is 83.3 Å². The van der Waals surface area contributed by atoms with Gasteiger partial charge in [0.15, 0.2) is 5.96 Å². The second-order valence-electron chi connectivity index (χ2n) is 5.28. The Morgan fingerprint density at radius 2 is 2.18 bits per heavy atom. The highest BCUT2D eigenvalue weighted by molar-refractivity contribution is 5.81. The molecule has 0 fully saturated rings. The Balaban J connectivity index is 2.24. The van der Waals surface area contributed by atoms with Gasteiger partial charge in [0.25, 0.3) is 0 Å². The number of amides is 1. The standard InChI is InChI=1S/C15H28N6O/c1-4-16-15(18-10-7-14(22)20-13(2)3)17-8-5-11-21-12-6-9-19-21/h6,9,12-13H,4-5,7-8,10-11H2,1-3H3,(H,20,22)(H2,16,17,18). The van der Waals surface area contributed by atoms with E-state index < -0.39 is 0 Å². The fourth-order valence-corrected chi connectivity index (χ4v) is 1.89. The molecule has 1 aromatic heterocycles. The highest BCUT2D eigenvalue weighted by Crippen LogP contribution is 1.90. The van der Waals surface area contributed by atoms with Crippen LogP contribution in [0.5, 0.6) is 0 Å². The monoisotopic (exact) mass is 308 g/mol. The molecule has 0 spiro atoms. The molecule has 1 amide bonds. The molecule has 0 aliphatic rings. The summed E-state index contributed by atoms with van der Waals surface area (Å²) in [5.41, 5.74) is 0. The second kappa shape index (κ2) is 10.6. The van der Waals surface area contributed by atoms with Crippen LogP contribution in [0.25, 0.3) is 0 Å². The lowest BCUT2D eigenvalue weighted by Gasteiger charge is -2.12. The highest BCUT2D eigenvalue weighted by Gasteiger charge is 2.03. The van der Waals surface area contributed by atoms with Gasteiger partial charge in [0.05, 0.1) is 0 Å². The van der Waals surface area contributed by atoms with Crippen LogP contribution in [0.4, 0.5) is 0 Å². The zero-order chi connectivity index (χ0) is 16.2. The molecule has 124 valence electrons. The van der Waals surface area contributed by atoms with Gasteiger partial charge in [-0.2, -0.15) is 5.10 Å². The van der Waals surface area contributed by atoms with Gasteiger partial charge < -0.3 is 16.0 Å². The molecule has 0 radical (unpaired) electrons. The number of rotatable bonds is 9. The number of hydrogen-bond acceptors (Lipinski definition) is 3. The van der Waals surface area contributed by atoms with Gasteiger partial charge in [0.1, 0.15) is 0 Å². The predicted molar refractivity (Wildman–Crippen MR) is 88.7 cm³/mol. The maximum absolute atomic E-state index is 11.6. The number of carbonyl (C=O) groups excluding carboxylic acids is 1. The first-order chi connectivity index (χ1) is 10.6. The van der Waals surface area contributed by atoms with Crippen LogP contribution in [-0.2, 0) is 11.3 Å². The molecule has 0 aliphatic carbocycles. The minimum Gasteiger partial charge on any atom is -0.357 e. The summed E-state index contributed by atoms with van der Waals surface area (Å²) in [6.45, 7) is 8.87. The summed E-state index contributed by atoms with van der Waals surface area (Å²) >= 11 is 0. The van der Waals surface area contributed by atoms with E-state index in [2.05, 4.69) is 26.0 Å². The Morgan fingerprint density at radius 1 is 1.36 bits per heavy atom. The largest absolute Gasteiger partial charge is 0.357 e. The Kier molecular flexibility index (Phi) is 8.71. The average molecular weight is 308 g/mol. The second-order valence-corrected chi connectivity index (χ2v) is 5.28. The third-order valence-electron chi connectivity index (χ3n) is 2.81. The van der Waals surface area contributed by atoms with Gasteiger partial charge >= 0.3 is 0 Å². The number of guanidine groups is 1. The molecular weight excluding hydrogens is 280 g/mol. The number of carbonyl (C=O) groups is 1. The van der Waals surface area contributed by atoms with Crippen LogP contribution in [0.15, 0.2) is 23.5 Å². The molecule has 0 saturated carbocycles. The quantitative estimate of drug-likeness (QED) is 0.357. The summed E-state index contributed by atoms with van der Waals surface area (Å²) in [5, 5.41) is 13.4. The molecule has 7 nitrogen and oxygen atoms in total. The van der Waals surface area contributed by atoms with Gasteiger partial charge in [-0.05, 0) is 33.3 Å². The fraction of sp³-hybridized carbons (Fsp3) is 0.667. The SMILES string of the molecule is CCNC(=NCCCn1cccn1)NCCC(=O)NC(C)C. The zero-order valence-corrected chi connectivity index (χ0v) is 13.8. The molecule has 3 N–H and O–H groups in total. The molecule has 0 aliphatic heterocycles. The van der Waals surface area contributed by atoms with Crippen molar-refractivity contribution < 1.29 is 4.79 Å². The maximum atomic E-state index is 11.6. The van der Waals surface area contributed by atoms with Crippen molar-refractivity contribution in [3.05, 3.63) is 18.5 Å². The van der Waals surface area contributed by atoms with Crippen LogP contribution in [0, 0.1) is 0 Å². The summed E-state index contributed by atoms with van der Waals surface area (Å²) in [4.78, 5) is 16.1. The molecule has 0 aromatic carbocycles. The van der Waals surface area contributed by atoms with E-state index in [9.17, 15) is 4.79 Å². The summed E-state index contributed by atoms with van der Waals surface area (Å²) in [6, 6.07) is 2.09. The number of nitrogens with zero attached hydrogens (tertiary/aromatic N) is 3. The van der Waals surface area contributed by atoms with Crippen molar-refractivity contribution in [1.29, 1.82) is 0 Å². The number of nitrogens with one attached hydrogen (secondary N) is 3. The minimum absolute atomic E-state index is 0.0528. The Labute approximate surface area is 132 Å². The summed E-state index contributed by atoms with van der Waals surface area (Å²) in [5.74, 6) is 0.803. The molecule has 1 aromatic rings. The number of aliphatic imine (C=N–C) groups is 1. The Bertz CT molecular complexity index is 441. The van der Waals surface area contributed by atoms with Gasteiger partial charge in [-0.25, -0.2) is 0 Å². The van der Waals surface area contributed by atoms with E-state index in [1.165, 1.54) is 0 Å². The number of aromatic nitrogens is 2. The van der Waals surface area contributed by atoms with Crippen molar-refractivity contribution in [1.82, 2.24) is 25.7 Å². The first-order valence-electron chi connectivity index (χ1n) is 7.90. The van der Waals surface area contributed by atoms with E-state index in [0.29, 0.717) is 19.5 Å². The third-order valence-corrected chi connectivity index (χ3v) is 2.81. The number of aryl methyl sites for hydroxylation is 1. The highest BCUT2D eigenvalue weighted by atomic mass is 16.1. The van der Waals surface area contributed by atoms with Crippen molar-refractivity contribution in [3.8, 4) is 0 Å². The van der Waals surface area contributed by atoms with Crippen molar-refractivity contribution in [2.75, 3.05) is 19.6 Å². The van der Waals surface area contributed by atoms with E-state index in [1.807, 2.05) is 37.7 Å². The molecule has 0 atom stereocenters. The third kappa shape index (κ3) is 8.28. The maximum Gasteiger partial charge on any atom is 0.221 e. The van der Waals surface area contributed by atoms with Crippen LogP contribution in [0.1, 0.15) is 33.6 Å². The normalized spacial score (nSPS) is 11.5. The average Bonchev–Trinajstić information content (AvgIpc) is 2.95. The van der Waals surface area contributed by atoms with Gasteiger partial charge in [-0.15, -0.1) is 0 Å². The summed E-state index contributed by atoms with van der Waals surface area (Å²) < 4.78 is 1.89. The Morgan fingerprint density at radius 3 is 2.82 bits per heavy atom. The van der Waals surface area contributed by atoms with Crippen molar-refractivity contribution in [3.63, 3.8) is 0 Å². The van der Waals surface area contributed by atoms with E-state index in [4.69, 9.17) is 0 Å². The summed E-state index contributed by atoms with van der Waals surface area (Å²) in [6.07, 6.45) is 5.08. The first-order valence-corrected chi connectivity index (χ1v) is 7.90. The molecule has 7 heteroatoms. The first kappa shape index (κ1) is 18.0. The lowest BCUT2D eigenvalue weighted by molar-refractivity contribution is -0.121. The van der Waals surface area contributed by atoms with Gasteiger partial charge in [0, 0.05) is 51.0 Å². The Hall–Kier alpha value is -2.05. The van der Waals surface area contributed by atoms with E-state index in [0.717, 1.165) is 25.5 Å². The van der Waals surface area contributed by atoms with E-state index in [1.54, 1.807) is 6.20 Å². The van der Waals surface area contributed by atoms with Gasteiger partial charge in [-0.1, -0.05) is 0 Å². The van der Waals surface area contributed by atoms with Crippen LogP contribution in [-0.4, -0.2) is 47.3 Å². The molecule has 0 bridgehead atoms. The molecular formula is C15H28N6O. The lowest BCUT2D eigenvalue weighted by Crippen LogP contribution is -2.40. The van der Waals surface area contributed by atoms with Crippen LogP contribution in [0.2, 0.25) is 0 Å². The van der Waals surface area contributed by atoms with Gasteiger partial charge in [0.2, 0.25) is 5.91 Å². The number of hydrogen-bond donors (Lipinski definition) is 3. The van der Waals surface area contributed by atoms with Crippen molar-refractivity contribution in [2.24, 2.45) is 4.99 Å². The van der Waals surface area contributed by atoms with E-state index >= 15 is 0 Å². The van der Waals surface area contributed by atoms with Crippen LogP contribution in [0.3, 0.4) is 0 Å². The molecule has 1 heterocycles. The van der Waals surface area contributed by atoms with Crippen molar-refractivity contribution >= 4 is 11.9 Å². The molecule has 0 unspecified atom stereocenters. The molecule has 22 heavy (non-hydrogen) atoms. The summed E-state index contributed by atoms with van der Waals surface area (Å²) in [7, 11) is 0. The van der Waals surface area contributed by atoms with Gasteiger partial charge in [-0.3, -0.25) is 14.5 Å². The smallest absolute Gasteiger partial charge is 0.221 e. The van der Waals surface area contributed by atoms with Crippen LogP contribution >= 0.6 is 0 Å². The molecule has 1 rings (SSSR count). The lowest BCUT2D eigenvalue weighted by atomic mass is 10.3. The van der Waals surface area contributed by atoms with Crippen molar-refractivity contribution in [2.45, 2.75) is 46.2 Å². The van der Waals surface area contributed by atoms with E-state index in [-0.39, 0.29) is 11.9 Å². The zero-order valence-electron chi connectivity index (χ0n) is 13.8. The fourth-order valence-electron chi connectivity index (χ4n) is 1.89.